The lowest BCUT2D eigenvalue weighted by molar-refractivity contribution is -0.141. The first-order valence-corrected chi connectivity index (χ1v) is 13.8. The molecule has 1 aliphatic rings. The van der Waals surface area contributed by atoms with Gasteiger partial charge in [-0.15, -0.1) is 0 Å². The topological polar surface area (TPSA) is 249 Å². The predicted octanol–water partition coefficient (Wildman–Crippen LogP) is -2.92. The average molecular weight is 599 g/mol. The Morgan fingerprint density at radius 1 is 0.929 bits per heavy atom. The highest BCUT2D eigenvalue weighted by Crippen LogP contribution is 2.17. The number of carboxylic acid groups (broad SMARTS) is 1. The fraction of sp³-hybridized carbons (Fsp3) is 0.692. The Kier molecular flexibility index (Phi) is 14.6. The second-order valence-electron chi connectivity index (χ2n) is 10.4. The Balaban J connectivity index is 2.98. The molecule has 7 atom stereocenters. The van der Waals surface area contributed by atoms with Crippen LogP contribution in [0.1, 0.15) is 60.3 Å². The van der Waals surface area contributed by atoms with E-state index >= 15 is 0 Å². The maximum absolute atomic E-state index is 13.0. The lowest BCUT2D eigenvalue weighted by Gasteiger charge is -2.28. The molecule has 236 valence electrons. The first-order chi connectivity index (χ1) is 19.6. The Morgan fingerprint density at radius 3 is 2.05 bits per heavy atom. The molecule has 0 aromatic heterocycles. The summed E-state index contributed by atoms with van der Waals surface area (Å²) in [6.07, 6.45) is -1.16. The van der Waals surface area contributed by atoms with Gasteiger partial charge in [-0.2, -0.15) is 0 Å². The second kappa shape index (κ2) is 17.0. The number of carbonyl (C=O) groups excluding carboxylic acids is 7. The van der Waals surface area contributed by atoms with Gasteiger partial charge in [-0.3, -0.25) is 38.4 Å². The largest absolute Gasteiger partial charge is 0.481 e. The van der Waals surface area contributed by atoms with Gasteiger partial charge >= 0.3 is 5.97 Å². The van der Waals surface area contributed by atoms with E-state index in [1.807, 2.05) is 6.92 Å². The lowest BCUT2D eigenvalue weighted by atomic mass is 9.95. The minimum absolute atomic E-state index is 0.212. The van der Waals surface area contributed by atoms with Gasteiger partial charge in [0.2, 0.25) is 35.3 Å². The minimum Gasteiger partial charge on any atom is -0.481 e. The zero-order chi connectivity index (χ0) is 32.1. The summed E-state index contributed by atoms with van der Waals surface area (Å²) in [6.45, 7) is 7.30. The molecule has 1 fully saturated rings. The molecule has 1 unspecified atom stereocenters. The van der Waals surface area contributed by atoms with E-state index in [1.165, 1.54) is 20.8 Å². The van der Waals surface area contributed by atoms with Gasteiger partial charge in [0.1, 0.15) is 18.1 Å². The minimum atomic E-state index is -1.51. The van der Waals surface area contributed by atoms with Crippen molar-refractivity contribution >= 4 is 47.2 Å². The van der Waals surface area contributed by atoms with Crippen molar-refractivity contribution in [3.63, 3.8) is 0 Å². The number of ketones is 1. The maximum atomic E-state index is 13.0. The number of rotatable bonds is 17. The highest BCUT2D eigenvalue weighted by molar-refractivity contribution is 6.38. The van der Waals surface area contributed by atoms with Crippen LogP contribution in [0.25, 0.3) is 0 Å². The number of carbonyl (C=O) groups is 8. The van der Waals surface area contributed by atoms with Crippen molar-refractivity contribution in [2.75, 3.05) is 13.1 Å². The van der Waals surface area contributed by atoms with Crippen LogP contribution in [-0.4, -0.2) is 101 Å². The number of Topliss-reactive ketones (excluding diaryl/α,β-unsaturated/α-hetero) is 1. The molecule has 1 rings (SSSR count). The third-order valence-corrected chi connectivity index (χ3v) is 6.83. The molecule has 16 heteroatoms. The van der Waals surface area contributed by atoms with Crippen LogP contribution in [0.15, 0.2) is 0 Å². The molecular formula is C26H42N6O10. The Morgan fingerprint density at radius 2 is 1.55 bits per heavy atom. The van der Waals surface area contributed by atoms with E-state index in [1.54, 1.807) is 6.92 Å². The fourth-order valence-corrected chi connectivity index (χ4v) is 4.15. The zero-order valence-electron chi connectivity index (χ0n) is 24.4. The molecule has 0 saturated carbocycles. The van der Waals surface area contributed by atoms with E-state index in [2.05, 4.69) is 31.9 Å². The molecule has 8 N–H and O–H groups in total. The highest BCUT2D eigenvalue weighted by atomic mass is 16.4. The smallest absolute Gasteiger partial charge is 0.305 e. The first kappa shape index (κ1) is 35.9. The molecule has 1 heterocycles. The van der Waals surface area contributed by atoms with Crippen molar-refractivity contribution in [3.8, 4) is 0 Å². The van der Waals surface area contributed by atoms with E-state index in [0.29, 0.717) is 19.4 Å². The molecule has 0 spiro atoms. The number of hydrogen-bond acceptors (Lipinski definition) is 9. The van der Waals surface area contributed by atoms with E-state index in [-0.39, 0.29) is 24.8 Å². The molecule has 0 aromatic rings. The van der Waals surface area contributed by atoms with Crippen LogP contribution in [0.3, 0.4) is 0 Å². The van der Waals surface area contributed by atoms with Gasteiger partial charge in [0.05, 0.1) is 18.6 Å². The number of amides is 6. The molecule has 6 amide bonds. The normalized spacial score (nSPS) is 18.6. The van der Waals surface area contributed by atoms with Crippen molar-refractivity contribution in [2.24, 2.45) is 11.8 Å². The lowest BCUT2D eigenvalue weighted by Crippen LogP contribution is -2.60. The Hall–Kier alpha value is -4.08. The van der Waals surface area contributed by atoms with Gasteiger partial charge in [0, 0.05) is 25.9 Å². The number of hydrogen-bond donors (Lipinski definition) is 8. The van der Waals surface area contributed by atoms with Crippen LogP contribution in [-0.2, 0) is 38.4 Å². The molecule has 0 aliphatic carbocycles. The molecule has 42 heavy (non-hydrogen) atoms. The molecule has 1 aliphatic heterocycles. The van der Waals surface area contributed by atoms with Crippen LogP contribution >= 0.6 is 0 Å². The van der Waals surface area contributed by atoms with E-state index < -0.39 is 83.9 Å². The third-order valence-electron chi connectivity index (χ3n) is 6.83. The van der Waals surface area contributed by atoms with Crippen molar-refractivity contribution in [1.82, 2.24) is 31.9 Å². The summed E-state index contributed by atoms with van der Waals surface area (Å²) in [4.78, 5) is 98.3. The van der Waals surface area contributed by atoms with Gasteiger partial charge in [-0.05, 0) is 32.6 Å². The van der Waals surface area contributed by atoms with Gasteiger partial charge in [-0.25, -0.2) is 0 Å². The predicted molar refractivity (Wildman–Crippen MR) is 146 cm³/mol. The van der Waals surface area contributed by atoms with Crippen LogP contribution in [0.4, 0.5) is 0 Å². The number of nitrogens with one attached hydrogen (secondary N) is 6. The second-order valence-corrected chi connectivity index (χ2v) is 10.4. The van der Waals surface area contributed by atoms with Crippen molar-refractivity contribution in [2.45, 2.75) is 90.6 Å². The quantitative estimate of drug-likeness (QED) is 0.0792. The van der Waals surface area contributed by atoms with Gasteiger partial charge < -0.3 is 42.1 Å². The summed E-state index contributed by atoms with van der Waals surface area (Å²) in [6, 6.07) is -5.27. The van der Waals surface area contributed by atoms with Gasteiger partial charge in [0.15, 0.2) is 0 Å². The maximum Gasteiger partial charge on any atom is 0.305 e. The summed E-state index contributed by atoms with van der Waals surface area (Å²) >= 11 is 0. The van der Waals surface area contributed by atoms with Gasteiger partial charge in [0.25, 0.3) is 5.91 Å². The van der Waals surface area contributed by atoms with Crippen LogP contribution < -0.4 is 31.9 Å². The van der Waals surface area contributed by atoms with Crippen molar-refractivity contribution < 1.29 is 48.6 Å². The van der Waals surface area contributed by atoms with Crippen molar-refractivity contribution in [3.05, 3.63) is 0 Å². The molecule has 1 saturated heterocycles. The zero-order valence-corrected chi connectivity index (χ0v) is 24.4. The number of aliphatic hydroxyl groups is 1. The molecule has 0 radical (unpaired) electrons. The molecule has 0 aromatic carbocycles. The van der Waals surface area contributed by atoms with Crippen LogP contribution in [0.2, 0.25) is 0 Å². The monoisotopic (exact) mass is 598 g/mol. The first-order valence-electron chi connectivity index (χ1n) is 13.8. The Labute approximate surface area is 243 Å². The summed E-state index contributed by atoms with van der Waals surface area (Å²) in [5, 5.41) is 33.3. The average Bonchev–Trinajstić information content (AvgIpc) is 3.31. The molecule has 16 nitrogen and oxygen atoms in total. The standard InChI is InChI=1S/C26H42N6O10/c1-6-12(2)19(30-15(5)34)24(40)32-20(14(4)33)25(41)29-13(3)22(38)31-17(11-16-7-9-27-23(16)39)21(37)26(42)28-10-8-18(35)36/h12-14,16-17,19-20,33H,6-11H2,1-5H3,(H,27,39)(H,28,42)(H,29,41)(H,30,34)(H,31,38)(H,32,40)(H,35,36)/t12-,13-,14+,16-,17?,19-,20-/m0/s1. The SMILES string of the molecule is CC[C@H](C)[C@H](NC(C)=O)C(=O)N[C@H](C(=O)N[C@@H](C)C(=O)NC(C[C@@H]1CCNC1=O)C(=O)C(=O)NCCC(=O)O)[C@@H](C)O. The van der Waals surface area contributed by atoms with Crippen LogP contribution in [0.5, 0.6) is 0 Å². The third kappa shape index (κ3) is 11.4. The van der Waals surface area contributed by atoms with E-state index in [0.717, 1.165) is 0 Å². The highest BCUT2D eigenvalue weighted by Gasteiger charge is 2.36. The number of carboxylic acids is 1. The van der Waals surface area contributed by atoms with Crippen molar-refractivity contribution in [1.29, 1.82) is 0 Å². The molecule has 0 bridgehead atoms. The summed E-state index contributed by atoms with van der Waals surface area (Å²) in [7, 11) is 0. The van der Waals surface area contributed by atoms with Crippen LogP contribution in [0, 0.1) is 11.8 Å². The Bertz CT molecular complexity index is 1050. The van der Waals surface area contributed by atoms with Gasteiger partial charge in [-0.1, -0.05) is 20.3 Å². The van der Waals surface area contributed by atoms with E-state index in [9.17, 15) is 43.5 Å². The van der Waals surface area contributed by atoms with E-state index in [4.69, 9.17) is 5.11 Å². The summed E-state index contributed by atoms with van der Waals surface area (Å²) < 4.78 is 0. The fourth-order valence-electron chi connectivity index (χ4n) is 4.15. The molecular weight excluding hydrogens is 556 g/mol. The number of aliphatic carboxylic acids is 1. The number of aliphatic hydroxyl groups excluding tert-OH is 1. The summed E-state index contributed by atoms with van der Waals surface area (Å²) in [5.74, 6) is -7.79. The summed E-state index contributed by atoms with van der Waals surface area (Å²) in [5.41, 5.74) is 0.